The molecule has 0 saturated carbocycles. The van der Waals surface area contributed by atoms with E-state index >= 15 is 0 Å². The van der Waals surface area contributed by atoms with E-state index in [-0.39, 0.29) is 12.1 Å². The van der Waals surface area contributed by atoms with Crippen LogP contribution in [0.1, 0.15) is 26.3 Å². The Morgan fingerprint density at radius 3 is 2.28 bits per heavy atom. The van der Waals surface area contributed by atoms with Crippen LogP contribution in [0.25, 0.3) is 0 Å². The predicted molar refractivity (Wildman–Crippen MR) is 68.6 cm³/mol. The van der Waals surface area contributed by atoms with Crippen LogP contribution in [-0.2, 0) is 11.2 Å². The van der Waals surface area contributed by atoms with Gasteiger partial charge in [-0.25, -0.2) is 8.78 Å². The van der Waals surface area contributed by atoms with Crippen molar-refractivity contribution < 1.29 is 13.5 Å². The number of ether oxygens (including phenoxy) is 1. The molecule has 4 heteroatoms. The van der Waals surface area contributed by atoms with Gasteiger partial charge in [-0.1, -0.05) is 6.92 Å². The van der Waals surface area contributed by atoms with Crippen molar-refractivity contribution in [3.8, 4) is 0 Å². The van der Waals surface area contributed by atoms with Gasteiger partial charge in [-0.05, 0) is 44.5 Å². The van der Waals surface area contributed by atoms with Gasteiger partial charge < -0.3 is 10.1 Å². The first-order valence-electron chi connectivity index (χ1n) is 6.31. The molecule has 0 aliphatic heterocycles. The summed E-state index contributed by atoms with van der Waals surface area (Å²) in [6.07, 6.45) is 0.699. The molecule has 0 heterocycles. The Hall–Kier alpha value is -1.00. The smallest absolute Gasteiger partial charge is 0.126 e. The molecule has 102 valence electrons. The number of halogens is 2. The average Bonchev–Trinajstić information content (AvgIpc) is 2.24. The summed E-state index contributed by atoms with van der Waals surface area (Å²) >= 11 is 0. The third kappa shape index (κ3) is 5.56. The topological polar surface area (TPSA) is 21.3 Å². The predicted octanol–water partition coefficient (Wildman–Crippen LogP) is 2.91. The number of rotatable bonds is 7. The maximum absolute atomic E-state index is 13.1. The Morgan fingerprint density at radius 1 is 1.17 bits per heavy atom. The highest BCUT2D eigenvalue weighted by atomic mass is 19.1. The van der Waals surface area contributed by atoms with E-state index < -0.39 is 11.6 Å². The Morgan fingerprint density at radius 2 is 1.78 bits per heavy atom. The van der Waals surface area contributed by atoms with Crippen molar-refractivity contribution in [2.75, 3.05) is 13.2 Å². The standard InChI is InChI=1S/C14H21F2NO/c1-4-17-14(9-18-10(2)3)7-11-5-12(15)8-13(16)6-11/h5-6,8,10,14,17H,4,7,9H2,1-3H3. The average molecular weight is 257 g/mol. The van der Waals surface area contributed by atoms with Crippen molar-refractivity contribution in [2.24, 2.45) is 0 Å². The van der Waals surface area contributed by atoms with E-state index in [0.717, 1.165) is 12.6 Å². The lowest BCUT2D eigenvalue weighted by atomic mass is 10.1. The van der Waals surface area contributed by atoms with Crippen molar-refractivity contribution in [1.82, 2.24) is 5.32 Å². The Labute approximate surface area is 107 Å². The van der Waals surface area contributed by atoms with Crippen LogP contribution < -0.4 is 5.32 Å². The van der Waals surface area contributed by atoms with Crippen LogP contribution in [-0.4, -0.2) is 25.3 Å². The SMILES string of the molecule is CCNC(COC(C)C)Cc1cc(F)cc(F)c1. The molecule has 1 aromatic rings. The zero-order valence-electron chi connectivity index (χ0n) is 11.2. The fraction of sp³-hybridized carbons (Fsp3) is 0.571. The minimum atomic E-state index is -0.537. The molecular weight excluding hydrogens is 236 g/mol. The number of hydrogen-bond donors (Lipinski definition) is 1. The van der Waals surface area contributed by atoms with Crippen molar-refractivity contribution in [1.29, 1.82) is 0 Å². The molecule has 1 rings (SSSR count). The van der Waals surface area contributed by atoms with Gasteiger partial charge in [-0.3, -0.25) is 0 Å². The highest BCUT2D eigenvalue weighted by Gasteiger charge is 2.11. The van der Waals surface area contributed by atoms with E-state index in [2.05, 4.69) is 5.32 Å². The minimum Gasteiger partial charge on any atom is -0.377 e. The molecule has 1 aromatic carbocycles. The summed E-state index contributed by atoms with van der Waals surface area (Å²) in [5.74, 6) is -1.07. The quantitative estimate of drug-likeness (QED) is 0.811. The van der Waals surface area contributed by atoms with Gasteiger partial charge in [0.2, 0.25) is 0 Å². The number of nitrogens with one attached hydrogen (secondary N) is 1. The molecule has 1 unspecified atom stereocenters. The largest absolute Gasteiger partial charge is 0.377 e. The van der Waals surface area contributed by atoms with Gasteiger partial charge in [0.15, 0.2) is 0 Å². The maximum atomic E-state index is 13.1. The maximum Gasteiger partial charge on any atom is 0.126 e. The zero-order chi connectivity index (χ0) is 13.5. The third-order valence-corrected chi connectivity index (χ3v) is 2.53. The highest BCUT2D eigenvalue weighted by molar-refractivity contribution is 5.19. The van der Waals surface area contributed by atoms with Gasteiger partial charge in [0.05, 0.1) is 12.7 Å². The lowest BCUT2D eigenvalue weighted by molar-refractivity contribution is 0.0615. The van der Waals surface area contributed by atoms with Crippen LogP contribution in [0.5, 0.6) is 0 Å². The van der Waals surface area contributed by atoms with Crippen molar-refractivity contribution in [3.05, 3.63) is 35.4 Å². The molecule has 0 saturated heterocycles. The highest BCUT2D eigenvalue weighted by Crippen LogP contribution is 2.10. The molecular formula is C14H21F2NO. The van der Waals surface area contributed by atoms with E-state index in [4.69, 9.17) is 4.74 Å². The first-order chi connectivity index (χ1) is 8.51. The van der Waals surface area contributed by atoms with E-state index in [9.17, 15) is 8.78 Å². The van der Waals surface area contributed by atoms with Gasteiger partial charge in [0.1, 0.15) is 11.6 Å². The molecule has 0 bridgehead atoms. The fourth-order valence-corrected chi connectivity index (χ4v) is 1.80. The lowest BCUT2D eigenvalue weighted by Gasteiger charge is -2.19. The first-order valence-corrected chi connectivity index (χ1v) is 6.31. The summed E-state index contributed by atoms with van der Waals surface area (Å²) in [7, 11) is 0. The van der Waals surface area contributed by atoms with E-state index in [1.165, 1.54) is 12.1 Å². The van der Waals surface area contributed by atoms with Crippen LogP contribution in [0.4, 0.5) is 8.78 Å². The third-order valence-electron chi connectivity index (χ3n) is 2.53. The second-order valence-electron chi connectivity index (χ2n) is 4.62. The van der Waals surface area contributed by atoms with Crippen LogP contribution >= 0.6 is 0 Å². The molecule has 0 aliphatic rings. The molecule has 0 amide bonds. The monoisotopic (exact) mass is 257 g/mol. The van der Waals surface area contributed by atoms with Gasteiger partial charge >= 0.3 is 0 Å². The lowest BCUT2D eigenvalue weighted by Crippen LogP contribution is -2.36. The minimum absolute atomic E-state index is 0.0681. The molecule has 0 spiro atoms. The van der Waals surface area contributed by atoms with Gasteiger partial charge in [-0.15, -0.1) is 0 Å². The van der Waals surface area contributed by atoms with Crippen LogP contribution in [0.15, 0.2) is 18.2 Å². The summed E-state index contributed by atoms with van der Waals surface area (Å²) in [5, 5.41) is 3.26. The van der Waals surface area contributed by atoms with Gasteiger partial charge in [-0.2, -0.15) is 0 Å². The van der Waals surface area contributed by atoms with Crippen molar-refractivity contribution >= 4 is 0 Å². The van der Waals surface area contributed by atoms with E-state index in [1.807, 2.05) is 20.8 Å². The van der Waals surface area contributed by atoms with E-state index in [0.29, 0.717) is 18.6 Å². The van der Waals surface area contributed by atoms with Crippen LogP contribution in [0.3, 0.4) is 0 Å². The normalized spacial score (nSPS) is 13.0. The summed E-state index contributed by atoms with van der Waals surface area (Å²) in [6, 6.07) is 3.68. The molecule has 18 heavy (non-hydrogen) atoms. The molecule has 0 aromatic heterocycles. The first kappa shape index (κ1) is 15.1. The molecule has 0 aliphatic carbocycles. The van der Waals surface area contributed by atoms with Crippen molar-refractivity contribution in [3.63, 3.8) is 0 Å². The Bertz CT molecular complexity index is 349. The fourth-order valence-electron chi connectivity index (χ4n) is 1.80. The Balaban J connectivity index is 2.63. The Kier molecular flexibility index (Phi) is 6.22. The van der Waals surface area contributed by atoms with Crippen LogP contribution in [0.2, 0.25) is 0 Å². The van der Waals surface area contributed by atoms with E-state index in [1.54, 1.807) is 0 Å². The number of benzene rings is 1. The summed E-state index contributed by atoms with van der Waals surface area (Å²) < 4.78 is 31.7. The molecule has 1 N–H and O–H groups in total. The second-order valence-corrected chi connectivity index (χ2v) is 4.62. The summed E-state index contributed by atoms with van der Waals surface area (Å²) in [6.45, 7) is 7.25. The van der Waals surface area contributed by atoms with Crippen LogP contribution in [0, 0.1) is 11.6 Å². The molecule has 0 fully saturated rings. The molecule has 1 atom stereocenters. The molecule has 2 nitrogen and oxygen atoms in total. The summed E-state index contributed by atoms with van der Waals surface area (Å²) in [4.78, 5) is 0. The second kappa shape index (κ2) is 7.44. The molecule has 0 radical (unpaired) electrons. The summed E-state index contributed by atoms with van der Waals surface area (Å²) in [5.41, 5.74) is 0.644. The van der Waals surface area contributed by atoms with Gasteiger partial charge in [0.25, 0.3) is 0 Å². The number of likely N-dealkylation sites (N-methyl/N-ethyl adjacent to an activating group) is 1. The van der Waals surface area contributed by atoms with Crippen molar-refractivity contribution in [2.45, 2.75) is 39.3 Å². The zero-order valence-corrected chi connectivity index (χ0v) is 11.2. The number of hydrogen-bond acceptors (Lipinski definition) is 2. The van der Waals surface area contributed by atoms with Gasteiger partial charge in [0, 0.05) is 12.1 Å².